The summed E-state index contributed by atoms with van der Waals surface area (Å²) in [4.78, 5) is 4.34. The molecule has 0 unspecified atom stereocenters. The summed E-state index contributed by atoms with van der Waals surface area (Å²) in [7, 11) is 0. The minimum atomic E-state index is -0.0532. The fourth-order valence-electron chi connectivity index (χ4n) is 1.89. The molecule has 16 heavy (non-hydrogen) atoms. The maximum Gasteiger partial charge on any atom is 0.116 e. The molecular weight excluding hydrogens is 270 g/mol. The van der Waals surface area contributed by atoms with E-state index in [4.69, 9.17) is 0 Å². The molecule has 0 saturated carbocycles. The van der Waals surface area contributed by atoms with Crippen LogP contribution in [0.25, 0.3) is 10.9 Å². The van der Waals surface area contributed by atoms with Crippen LogP contribution >= 0.6 is 15.9 Å². The molecule has 0 aliphatic heterocycles. The molecule has 0 radical (unpaired) electrons. The molecule has 0 atom stereocenters. The highest BCUT2D eigenvalue weighted by atomic mass is 79.9. The van der Waals surface area contributed by atoms with Crippen molar-refractivity contribution in [2.75, 3.05) is 0 Å². The van der Waals surface area contributed by atoms with Gasteiger partial charge in [0.15, 0.2) is 0 Å². The Bertz CT molecular complexity index is 540. The zero-order valence-corrected chi connectivity index (χ0v) is 10.5. The number of phenols is 1. The first-order valence-electron chi connectivity index (χ1n) is 5.08. The van der Waals surface area contributed by atoms with Crippen molar-refractivity contribution in [3.8, 4) is 5.75 Å². The van der Waals surface area contributed by atoms with Crippen LogP contribution in [0.2, 0.25) is 0 Å². The topological polar surface area (TPSA) is 53.4 Å². The van der Waals surface area contributed by atoms with Gasteiger partial charge in [-0.1, -0.05) is 6.92 Å². The molecule has 0 saturated heterocycles. The number of hydrogen-bond donors (Lipinski definition) is 2. The van der Waals surface area contributed by atoms with Crippen LogP contribution in [0, 0.1) is 0 Å². The average molecular weight is 282 g/mol. The van der Waals surface area contributed by atoms with Crippen molar-refractivity contribution in [3.05, 3.63) is 33.9 Å². The number of phenolic OH excluding ortho intramolecular Hbond substituents is 1. The van der Waals surface area contributed by atoms with Crippen LogP contribution in [0.1, 0.15) is 18.1 Å². The van der Waals surface area contributed by atoms with Crippen molar-refractivity contribution >= 4 is 26.8 Å². The second kappa shape index (κ2) is 4.39. The molecule has 0 spiro atoms. The van der Waals surface area contributed by atoms with E-state index in [1.54, 1.807) is 18.2 Å². The molecule has 84 valence electrons. The molecule has 1 aromatic carbocycles. The normalized spacial score (nSPS) is 10.9. The molecule has 4 heteroatoms. The molecule has 0 fully saturated rings. The number of aromatic hydroxyl groups is 1. The van der Waals surface area contributed by atoms with E-state index in [0.717, 1.165) is 28.5 Å². The summed E-state index contributed by atoms with van der Waals surface area (Å²) in [6, 6.07) is 5.07. The van der Waals surface area contributed by atoms with Crippen molar-refractivity contribution in [2.45, 2.75) is 20.0 Å². The van der Waals surface area contributed by atoms with Crippen LogP contribution in [0.4, 0.5) is 0 Å². The third-order valence-electron chi connectivity index (χ3n) is 2.65. The van der Waals surface area contributed by atoms with Gasteiger partial charge in [-0.15, -0.1) is 0 Å². The Morgan fingerprint density at radius 2 is 2.06 bits per heavy atom. The minimum Gasteiger partial charge on any atom is -0.508 e. The first-order chi connectivity index (χ1) is 7.67. The molecule has 2 N–H and O–H groups in total. The second-order valence-corrected chi connectivity index (χ2v) is 4.32. The Morgan fingerprint density at radius 1 is 1.31 bits per heavy atom. The van der Waals surface area contributed by atoms with E-state index in [2.05, 4.69) is 20.9 Å². The van der Waals surface area contributed by atoms with Gasteiger partial charge < -0.3 is 10.2 Å². The smallest absolute Gasteiger partial charge is 0.116 e. The Kier molecular flexibility index (Phi) is 3.12. The largest absolute Gasteiger partial charge is 0.508 e. The minimum absolute atomic E-state index is 0.0532. The van der Waals surface area contributed by atoms with Gasteiger partial charge in [0, 0.05) is 10.9 Å². The van der Waals surface area contributed by atoms with E-state index in [0.29, 0.717) is 4.60 Å². The van der Waals surface area contributed by atoms with Crippen LogP contribution in [-0.2, 0) is 13.0 Å². The highest BCUT2D eigenvalue weighted by Crippen LogP contribution is 2.29. The number of halogens is 1. The molecule has 1 heterocycles. The lowest BCUT2D eigenvalue weighted by Crippen LogP contribution is -1.98. The maximum absolute atomic E-state index is 9.48. The number of benzene rings is 1. The van der Waals surface area contributed by atoms with E-state index in [1.807, 2.05) is 6.92 Å². The number of aromatic nitrogens is 1. The molecule has 3 nitrogen and oxygen atoms in total. The third kappa shape index (κ3) is 1.79. The van der Waals surface area contributed by atoms with Gasteiger partial charge in [-0.2, -0.15) is 0 Å². The monoisotopic (exact) mass is 281 g/mol. The first kappa shape index (κ1) is 11.4. The molecule has 0 amide bonds. The Balaban J connectivity index is 2.86. The van der Waals surface area contributed by atoms with Crippen molar-refractivity contribution in [1.29, 1.82) is 0 Å². The van der Waals surface area contributed by atoms with Gasteiger partial charge in [0.25, 0.3) is 0 Å². The predicted molar refractivity (Wildman–Crippen MR) is 66.4 cm³/mol. The van der Waals surface area contributed by atoms with Gasteiger partial charge in [0.1, 0.15) is 10.4 Å². The van der Waals surface area contributed by atoms with Gasteiger partial charge in [0.2, 0.25) is 0 Å². The predicted octanol–water partition coefficient (Wildman–Crippen LogP) is 2.76. The molecule has 0 bridgehead atoms. The van der Waals surface area contributed by atoms with E-state index in [1.165, 1.54) is 0 Å². The summed E-state index contributed by atoms with van der Waals surface area (Å²) in [5, 5.41) is 19.7. The Morgan fingerprint density at radius 3 is 2.69 bits per heavy atom. The summed E-state index contributed by atoms with van der Waals surface area (Å²) in [5.74, 6) is 0.218. The number of hydrogen-bond acceptors (Lipinski definition) is 3. The Labute approximate surface area is 102 Å². The van der Waals surface area contributed by atoms with Crippen LogP contribution in [0.3, 0.4) is 0 Å². The zero-order chi connectivity index (χ0) is 11.7. The maximum atomic E-state index is 9.48. The van der Waals surface area contributed by atoms with Gasteiger partial charge >= 0.3 is 0 Å². The van der Waals surface area contributed by atoms with Crippen molar-refractivity contribution in [1.82, 2.24) is 4.98 Å². The van der Waals surface area contributed by atoms with Gasteiger partial charge in [0.05, 0.1) is 12.1 Å². The molecule has 2 aromatic rings. The molecular formula is C12H12BrNO2. The van der Waals surface area contributed by atoms with E-state index < -0.39 is 0 Å². The molecule has 2 rings (SSSR count). The standard InChI is InChI=1S/C12H12BrNO2/c1-2-8-9-5-7(16)3-4-11(9)14-12(13)10(8)6-15/h3-5,15-16H,2,6H2,1H3. The van der Waals surface area contributed by atoms with E-state index in [9.17, 15) is 10.2 Å². The van der Waals surface area contributed by atoms with Crippen LogP contribution < -0.4 is 0 Å². The summed E-state index contributed by atoms with van der Waals surface area (Å²) in [6.07, 6.45) is 0.789. The molecule has 0 aliphatic rings. The lowest BCUT2D eigenvalue weighted by atomic mass is 10.0. The lowest BCUT2D eigenvalue weighted by Gasteiger charge is -2.11. The fourth-order valence-corrected chi connectivity index (χ4v) is 2.44. The van der Waals surface area contributed by atoms with Gasteiger partial charge in [-0.3, -0.25) is 0 Å². The van der Waals surface area contributed by atoms with Crippen LogP contribution in [-0.4, -0.2) is 15.2 Å². The molecule has 0 aliphatic carbocycles. The van der Waals surface area contributed by atoms with Gasteiger partial charge in [-0.25, -0.2) is 4.98 Å². The van der Waals surface area contributed by atoms with Crippen LogP contribution in [0.15, 0.2) is 22.8 Å². The van der Waals surface area contributed by atoms with Crippen LogP contribution in [0.5, 0.6) is 5.75 Å². The summed E-state index contributed by atoms with van der Waals surface area (Å²) >= 11 is 3.35. The fraction of sp³-hybridized carbons (Fsp3) is 0.250. The highest BCUT2D eigenvalue weighted by Gasteiger charge is 2.11. The molecule has 1 aromatic heterocycles. The van der Waals surface area contributed by atoms with Gasteiger partial charge in [-0.05, 0) is 46.1 Å². The van der Waals surface area contributed by atoms with Crippen molar-refractivity contribution < 1.29 is 10.2 Å². The Hall–Kier alpha value is -1.13. The second-order valence-electron chi connectivity index (χ2n) is 3.57. The number of rotatable bonds is 2. The van der Waals surface area contributed by atoms with E-state index >= 15 is 0 Å². The number of pyridine rings is 1. The highest BCUT2D eigenvalue weighted by molar-refractivity contribution is 9.10. The number of nitrogens with zero attached hydrogens (tertiary/aromatic N) is 1. The summed E-state index contributed by atoms with van der Waals surface area (Å²) in [5.41, 5.74) is 2.63. The third-order valence-corrected chi connectivity index (χ3v) is 3.30. The number of aryl methyl sites for hydroxylation is 1. The average Bonchev–Trinajstić information content (AvgIpc) is 2.28. The SMILES string of the molecule is CCc1c(CO)c(Br)nc2ccc(O)cc12. The lowest BCUT2D eigenvalue weighted by molar-refractivity contribution is 0.279. The quantitative estimate of drug-likeness (QED) is 0.833. The van der Waals surface area contributed by atoms with E-state index in [-0.39, 0.29) is 12.4 Å². The van der Waals surface area contributed by atoms with Crippen molar-refractivity contribution in [3.63, 3.8) is 0 Å². The summed E-state index contributed by atoms with van der Waals surface area (Å²) in [6.45, 7) is 1.97. The number of fused-ring (bicyclic) bond motifs is 1. The van der Waals surface area contributed by atoms with Crippen molar-refractivity contribution in [2.24, 2.45) is 0 Å². The number of aliphatic hydroxyl groups excluding tert-OH is 1. The number of aliphatic hydroxyl groups is 1. The first-order valence-corrected chi connectivity index (χ1v) is 5.87. The zero-order valence-electron chi connectivity index (χ0n) is 8.87. The summed E-state index contributed by atoms with van der Waals surface area (Å²) < 4.78 is 0.671.